The lowest BCUT2D eigenvalue weighted by Crippen LogP contribution is -2.27. The van der Waals surface area contributed by atoms with Crippen LogP contribution in [-0.4, -0.2) is 22.0 Å². The van der Waals surface area contributed by atoms with Crippen molar-refractivity contribution in [2.45, 2.75) is 46.6 Å². The van der Waals surface area contributed by atoms with Gasteiger partial charge in [-0.25, -0.2) is 4.98 Å². The number of carbonyl (C=O) groups excluding carboxylic acids is 1. The highest BCUT2D eigenvalue weighted by molar-refractivity contribution is 5.76. The predicted octanol–water partition coefficient (Wildman–Crippen LogP) is 3.15. The van der Waals surface area contributed by atoms with E-state index in [1.807, 2.05) is 18.2 Å². The van der Waals surface area contributed by atoms with E-state index in [9.17, 15) is 4.79 Å². The fourth-order valence-electron chi connectivity index (χ4n) is 2.55. The smallest absolute Gasteiger partial charge is 0.220 e. The molecule has 1 aromatic heterocycles. The average Bonchev–Trinajstić information content (AvgIpc) is 2.77. The van der Waals surface area contributed by atoms with Crippen LogP contribution in [0.5, 0.6) is 0 Å². The molecular weight excluding hydrogens is 262 g/mol. The van der Waals surface area contributed by atoms with E-state index < -0.39 is 0 Å². The lowest BCUT2D eigenvalue weighted by atomic mass is 10.1. The van der Waals surface area contributed by atoms with Gasteiger partial charge in [0.05, 0.1) is 11.0 Å². The number of aryl methyl sites for hydroxylation is 1. The van der Waals surface area contributed by atoms with Crippen molar-refractivity contribution in [1.29, 1.82) is 0 Å². The van der Waals surface area contributed by atoms with Crippen molar-refractivity contribution in [3.05, 3.63) is 30.1 Å². The number of hydrogen-bond donors (Lipinski definition) is 1. The Hall–Kier alpha value is -1.84. The molecule has 0 atom stereocenters. The van der Waals surface area contributed by atoms with E-state index in [2.05, 4.69) is 36.7 Å². The third-order valence-electron chi connectivity index (χ3n) is 3.45. The highest BCUT2D eigenvalue weighted by Crippen LogP contribution is 2.16. The number of imidazole rings is 1. The van der Waals surface area contributed by atoms with Gasteiger partial charge in [0.1, 0.15) is 5.82 Å². The summed E-state index contributed by atoms with van der Waals surface area (Å²) < 4.78 is 2.27. The minimum atomic E-state index is 0.128. The molecule has 0 aliphatic heterocycles. The molecule has 4 nitrogen and oxygen atoms in total. The predicted molar refractivity (Wildman–Crippen MR) is 86.2 cm³/mol. The Labute approximate surface area is 126 Å². The van der Waals surface area contributed by atoms with Crippen molar-refractivity contribution in [2.24, 2.45) is 5.92 Å². The summed E-state index contributed by atoms with van der Waals surface area (Å²) in [4.78, 5) is 16.4. The number of benzene rings is 1. The van der Waals surface area contributed by atoms with Gasteiger partial charge in [-0.15, -0.1) is 0 Å². The van der Waals surface area contributed by atoms with Crippen LogP contribution in [-0.2, 0) is 17.8 Å². The summed E-state index contributed by atoms with van der Waals surface area (Å²) in [6, 6.07) is 8.21. The van der Waals surface area contributed by atoms with E-state index in [4.69, 9.17) is 4.98 Å². The Morgan fingerprint density at radius 3 is 2.81 bits per heavy atom. The molecule has 2 aromatic rings. The Kier molecular flexibility index (Phi) is 5.37. The standard InChI is InChI=1S/C17H25N3O/c1-4-11-20-15-8-6-5-7-14(15)19-16(20)9-10-18-17(21)12-13(2)3/h5-8,13H,4,9-12H2,1-3H3,(H,18,21). The molecule has 0 saturated carbocycles. The van der Waals surface area contributed by atoms with Gasteiger partial charge in [0.2, 0.25) is 5.91 Å². The van der Waals surface area contributed by atoms with Crippen LogP contribution < -0.4 is 5.32 Å². The number of para-hydroxylation sites is 2. The largest absolute Gasteiger partial charge is 0.356 e. The maximum atomic E-state index is 11.7. The molecule has 0 bridgehead atoms. The number of hydrogen-bond acceptors (Lipinski definition) is 2. The Bertz CT molecular complexity index is 601. The average molecular weight is 287 g/mol. The summed E-state index contributed by atoms with van der Waals surface area (Å²) in [5.41, 5.74) is 2.22. The van der Waals surface area contributed by atoms with Crippen molar-refractivity contribution in [1.82, 2.24) is 14.9 Å². The third kappa shape index (κ3) is 4.06. The summed E-state index contributed by atoms with van der Waals surface area (Å²) in [6.07, 6.45) is 2.44. The molecule has 0 spiro atoms. The molecule has 0 unspecified atom stereocenters. The maximum absolute atomic E-state index is 11.7. The fourth-order valence-corrected chi connectivity index (χ4v) is 2.55. The minimum absolute atomic E-state index is 0.128. The number of carbonyl (C=O) groups is 1. The lowest BCUT2D eigenvalue weighted by molar-refractivity contribution is -0.121. The van der Waals surface area contributed by atoms with Crippen molar-refractivity contribution in [2.75, 3.05) is 6.54 Å². The Morgan fingerprint density at radius 1 is 1.33 bits per heavy atom. The van der Waals surface area contributed by atoms with E-state index in [-0.39, 0.29) is 5.91 Å². The molecule has 21 heavy (non-hydrogen) atoms. The second-order valence-corrected chi connectivity index (χ2v) is 5.87. The number of nitrogens with zero attached hydrogens (tertiary/aromatic N) is 2. The molecule has 1 aromatic carbocycles. The van der Waals surface area contributed by atoms with Crippen LogP contribution in [0.15, 0.2) is 24.3 Å². The van der Waals surface area contributed by atoms with Crippen molar-refractivity contribution in [3.63, 3.8) is 0 Å². The second-order valence-electron chi connectivity index (χ2n) is 5.87. The molecule has 0 fully saturated rings. The van der Waals surface area contributed by atoms with Crippen molar-refractivity contribution < 1.29 is 4.79 Å². The first kappa shape index (κ1) is 15.5. The first-order chi connectivity index (χ1) is 10.1. The maximum Gasteiger partial charge on any atom is 0.220 e. The zero-order chi connectivity index (χ0) is 15.2. The van der Waals surface area contributed by atoms with E-state index in [1.165, 1.54) is 5.52 Å². The van der Waals surface area contributed by atoms with Gasteiger partial charge in [-0.05, 0) is 24.5 Å². The Morgan fingerprint density at radius 2 is 2.10 bits per heavy atom. The molecule has 0 saturated heterocycles. The van der Waals surface area contributed by atoms with Gasteiger partial charge < -0.3 is 9.88 Å². The van der Waals surface area contributed by atoms with Gasteiger partial charge >= 0.3 is 0 Å². The van der Waals surface area contributed by atoms with Gasteiger partial charge in [-0.2, -0.15) is 0 Å². The number of rotatable bonds is 7. The van der Waals surface area contributed by atoms with Crippen LogP contribution in [0.1, 0.15) is 39.4 Å². The van der Waals surface area contributed by atoms with E-state index in [0.717, 1.165) is 30.7 Å². The number of amides is 1. The first-order valence-electron chi connectivity index (χ1n) is 7.82. The molecule has 1 N–H and O–H groups in total. The highest BCUT2D eigenvalue weighted by atomic mass is 16.1. The van der Waals surface area contributed by atoms with Gasteiger partial charge in [-0.1, -0.05) is 32.9 Å². The summed E-state index contributed by atoms with van der Waals surface area (Å²) in [6.45, 7) is 7.90. The monoisotopic (exact) mass is 287 g/mol. The van der Waals surface area contributed by atoms with E-state index in [0.29, 0.717) is 18.9 Å². The number of aromatic nitrogens is 2. The van der Waals surface area contributed by atoms with Crippen LogP contribution in [0.4, 0.5) is 0 Å². The number of nitrogens with one attached hydrogen (secondary N) is 1. The summed E-state index contributed by atoms with van der Waals surface area (Å²) in [5.74, 6) is 1.58. The quantitative estimate of drug-likeness (QED) is 0.850. The van der Waals surface area contributed by atoms with Crippen LogP contribution in [0.3, 0.4) is 0 Å². The van der Waals surface area contributed by atoms with Crippen LogP contribution in [0.2, 0.25) is 0 Å². The molecule has 4 heteroatoms. The van der Waals surface area contributed by atoms with Crippen LogP contribution >= 0.6 is 0 Å². The zero-order valence-corrected chi connectivity index (χ0v) is 13.2. The van der Waals surface area contributed by atoms with Crippen molar-refractivity contribution >= 4 is 16.9 Å². The fraction of sp³-hybridized carbons (Fsp3) is 0.529. The van der Waals surface area contributed by atoms with Gasteiger partial charge in [0, 0.05) is 25.9 Å². The van der Waals surface area contributed by atoms with Crippen LogP contribution in [0, 0.1) is 5.92 Å². The van der Waals surface area contributed by atoms with Gasteiger partial charge in [0.15, 0.2) is 0 Å². The molecular formula is C17H25N3O. The molecule has 0 aliphatic rings. The molecule has 1 heterocycles. The first-order valence-corrected chi connectivity index (χ1v) is 7.82. The van der Waals surface area contributed by atoms with Gasteiger partial charge in [0.25, 0.3) is 0 Å². The SMILES string of the molecule is CCCn1c(CCNC(=O)CC(C)C)nc2ccccc21. The molecule has 114 valence electrons. The minimum Gasteiger partial charge on any atom is -0.356 e. The molecule has 0 aliphatic carbocycles. The topological polar surface area (TPSA) is 46.9 Å². The molecule has 2 rings (SSSR count). The highest BCUT2D eigenvalue weighted by Gasteiger charge is 2.10. The van der Waals surface area contributed by atoms with E-state index >= 15 is 0 Å². The normalized spacial score (nSPS) is 11.2. The van der Waals surface area contributed by atoms with Crippen molar-refractivity contribution in [3.8, 4) is 0 Å². The lowest BCUT2D eigenvalue weighted by Gasteiger charge is -2.09. The van der Waals surface area contributed by atoms with E-state index in [1.54, 1.807) is 0 Å². The molecule has 1 amide bonds. The number of fused-ring (bicyclic) bond motifs is 1. The van der Waals surface area contributed by atoms with Crippen LogP contribution in [0.25, 0.3) is 11.0 Å². The van der Waals surface area contributed by atoms with Gasteiger partial charge in [-0.3, -0.25) is 4.79 Å². The second kappa shape index (κ2) is 7.25. The molecule has 0 radical (unpaired) electrons. The summed E-state index contributed by atoms with van der Waals surface area (Å²) >= 11 is 0. The Balaban J connectivity index is 2.04. The third-order valence-corrected chi connectivity index (χ3v) is 3.45. The zero-order valence-electron chi connectivity index (χ0n) is 13.2. The summed E-state index contributed by atoms with van der Waals surface area (Å²) in [7, 11) is 0. The summed E-state index contributed by atoms with van der Waals surface area (Å²) in [5, 5.41) is 2.98.